The molecule has 0 spiro atoms. The molecule has 3 aromatic carbocycles. The molecule has 0 aliphatic carbocycles. The van der Waals surface area contributed by atoms with Crippen LogP contribution in [0.15, 0.2) is 67.1 Å². The topological polar surface area (TPSA) is 126 Å². The number of benzene rings is 3. The summed E-state index contributed by atoms with van der Waals surface area (Å²) in [5.74, 6) is -0.243. The van der Waals surface area contributed by atoms with Crippen molar-refractivity contribution in [2.75, 3.05) is 0 Å². The number of fused-ring (bicyclic) bond motifs is 3. The molecule has 0 unspecified atom stereocenters. The fraction of sp³-hybridized carbons (Fsp3) is 0.100. The first-order chi connectivity index (χ1) is 18.8. The van der Waals surface area contributed by atoms with Gasteiger partial charge in [0, 0.05) is 83.3 Å². The monoisotopic (exact) mass is 521 g/mol. The fourth-order valence-electron chi connectivity index (χ4n) is 5.04. The van der Waals surface area contributed by atoms with Crippen molar-refractivity contribution in [1.82, 2.24) is 15.0 Å². The summed E-state index contributed by atoms with van der Waals surface area (Å²) in [7, 11) is 0. The van der Waals surface area contributed by atoms with Crippen molar-refractivity contribution in [2.45, 2.75) is 20.8 Å². The van der Waals surface area contributed by atoms with Gasteiger partial charge in [-0.2, -0.15) is 0 Å². The number of carbonyl (C=O) groups excluding carboxylic acids is 3. The SMILES string of the molecule is CC(=O)Oc1c(-c2cc(-c3ccc(OC(C)=O)c4cc[nH]c34)c3[nH]ccc3c2OC(C)=O)ccc2[nH]ccc12. The maximum Gasteiger partial charge on any atom is 0.308 e. The first-order valence-corrected chi connectivity index (χ1v) is 12.2. The fourth-order valence-corrected chi connectivity index (χ4v) is 5.04. The molecule has 6 rings (SSSR count). The van der Waals surface area contributed by atoms with Gasteiger partial charge in [-0.1, -0.05) is 0 Å². The van der Waals surface area contributed by atoms with E-state index in [0.29, 0.717) is 39.1 Å². The second-order valence-electron chi connectivity index (χ2n) is 9.11. The van der Waals surface area contributed by atoms with E-state index < -0.39 is 17.9 Å². The maximum atomic E-state index is 12.2. The Morgan fingerprint density at radius 2 is 1.10 bits per heavy atom. The third-order valence-electron chi connectivity index (χ3n) is 6.49. The van der Waals surface area contributed by atoms with Gasteiger partial charge in [-0.15, -0.1) is 0 Å². The molecule has 3 N–H and O–H groups in total. The number of esters is 3. The highest BCUT2D eigenvalue weighted by Gasteiger charge is 2.24. The van der Waals surface area contributed by atoms with E-state index in [1.807, 2.05) is 42.5 Å². The normalized spacial score (nSPS) is 11.3. The average molecular weight is 522 g/mol. The Morgan fingerprint density at radius 3 is 1.79 bits per heavy atom. The molecule has 0 aliphatic rings. The molecule has 0 saturated heterocycles. The highest BCUT2D eigenvalue weighted by atomic mass is 16.5. The van der Waals surface area contributed by atoms with Crippen LogP contribution in [0.1, 0.15) is 20.8 Å². The van der Waals surface area contributed by atoms with Gasteiger partial charge in [-0.25, -0.2) is 0 Å². The van der Waals surface area contributed by atoms with E-state index in [-0.39, 0.29) is 0 Å². The van der Waals surface area contributed by atoms with Crippen LogP contribution < -0.4 is 14.2 Å². The maximum absolute atomic E-state index is 12.2. The summed E-state index contributed by atoms with van der Waals surface area (Å²) in [6.07, 6.45) is 5.31. The molecule has 0 bridgehead atoms. The molecule has 0 radical (unpaired) electrons. The van der Waals surface area contributed by atoms with Crippen molar-refractivity contribution in [3.8, 4) is 39.5 Å². The van der Waals surface area contributed by atoms with Crippen LogP contribution in [0.4, 0.5) is 0 Å². The van der Waals surface area contributed by atoms with E-state index in [1.54, 1.807) is 24.7 Å². The van der Waals surface area contributed by atoms with Crippen LogP contribution in [0.25, 0.3) is 55.0 Å². The number of rotatable bonds is 5. The van der Waals surface area contributed by atoms with Crippen molar-refractivity contribution in [3.05, 3.63) is 67.1 Å². The summed E-state index contributed by atoms with van der Waals surface area (Å²) < 4.78 is 16.9. The van der Waals surface area contributed by atoms with Gasteiger partial charge in [-0.05, 0) is 48.5 Å². The number of carbonyl (C=O) groups is 3. The summed E-state index contributed by atoms with van der Waals surface area (Å²) in [5.41, 5.74) is 5.06. The Morgan fingerprint density at radius 1 is 0.538 bits per heavy atom. The Kier molecular flexibility index (Phi) is 5.68. The number of aromatic nitrogens is 3. The Labute approximate surface area is 221 Å². The lowest BCUT2D eigenvalue weighted by Gasteiger charge is -2.18. The van der Waals surface area contributed by atoms with Crippen LogP contribution in [0.3, 0.4) is 0 Å². The standard InChI is InChI=1S/C30H23N3O6/c1-15(34)37-26-7-5-18(27-21(26)9-12-32-27)23-14-24(30(39-17(3)36)22-10-13-33-28(22)23)19-4-6-25-20(8-11-31-25)29(19)38-16(2)35/h4-14,31-33H,1-3H3. The van der Waals surface area contributed by atoms with Crippen molar-refractivity contribution >= 4 is 50.6 Å². The number of aromatic amines is 3. The first kappa shape index (κ1) is 24.1. The largest absolute Gasteiger partial charge is 0.426 e. The lowest BCUT2D eigenvalue weighted by molar-refractivity contribution is -0.132. The second kappa shape index (κ2) is 9.21. The third-order valence-corrected chi connectivity index (χ3v) is 6.49. The molecule has 194 valence electrons. The van der Waals surface area contributed by atoms with Gasteiger partial charge in [0.2, 0.25) is 0 Å². The lowest BCUT2D eigenvalue weighted by atomic mass is 9.93. The van der Waals surface area contributed by atoms with Crippen LogP contribution >= 0.6 is 0 Å². The third kappa shape index (κ3) is 4.10. The second-order valence-corrected chi connectivity index (χ2v) is 9.11. The van der Waals surface area contributed by atoms with Gasteiger partial charge >= 0.3 is 17.9 Å². The first-order valence-electron chi connectivity index (χ1n) is 12.2. The van der Waals surface area contributed by atoms with Crippen molar-refractivity contribution in [1.29, 1.82) is 0 Å². The molecule has 9 nitrogen and oxygen atoms in total. The molecule has 9 heteroatoms. The number of H-pyrrole nitrogens is 3. The number of nitrogens with one attached hydrogen (secondary N) is 3. The molecule has 3 heterocycles. The average Bonchev–Trinajstić information content (AvgIpc) is 3.65. The molecule has 0 saturated carbocycles. The number of hydrogen-bond donors (Lipinski definition) is 3. The van der Waals surface area contributed by atoms with Crippen molar-refractivity contribution < 1.29 is 28.6 Å². The number of ether oxygens (including phenoxy) is 3. The molecular formula is C30H23N3O6. The summed E-state index contributed by atoms with van der Waals surface area (Å²) in [5, 5.41) is 2.12. The van der Waals surface area contributed by atoms with E-state index in [9.17, 15) is 14.4 Å². The van der Waals surface area contributed by atoms with Gasteiger partial charge in [-0.3, -0.25) is 14.4 Å². The van der Waals surface area contributed by atoms with Crippen LogP contribution in [-0.2, 0) is 14.4 Å². The minimum atomic E-state index is -0.485. The Hall–Kier alpha value is -5.31. The van der Waals surface area contributed by atoms with E-state index >= 15 is 0 Å². The van der Waals surface area contributed by atoms with Gasteiger partial charge in [0.1, 0.15) is 17.2 Å². The van der Waals surface area contributed by atoms with Crippen LogP contribution in [-0.4, -0.2) is 32.9 Å². The summed E-state index contributed by atoms with van der Waals surface area (Å²) >= 11 is 0. The van der Waals surface area contributed by atoms with Crippen molar-refractivity contribution in [2.24, 2.45) is 0 Å². The van der Waals surface area contributed by atoms with E-state index in [1.165, 1.54) is 20.8 Å². The minimum absolute atomic E-state index is 0.338. The van der Waals surface area contributed by atoms with Gasteiger partial charge in [0.25, 0.3) is 0 Å². The molecular weight excluding hydrogens is 498 g/mol. The highest BCUT2D eigenvalue weighted by Crippen LogP contribution is 2.48. The van der Waals surface area contributed by atoms with E-state index in [4.69, 9.17) is 14.2 Å². The Bertz CT molecular complexity index is 1940. The van der Waals surface area contributed by atoms with Gasteiger partial charge < -0.3 is 29.2 Å². The smallest absolute Gasteiger partial charge is 0.308 e. The molecule has 0 aliphatic heterocycles. The zero-order valence-electron chi connectivity index (χ0n) is 21.3. The minimum Gasteiger partial charge on any atom is -0.426 e. The summed E-state index contributed by atoms with van der Waals surface area (Å²) in [6.45, 7) is 4.04. The quantitative estimate of drug-likeness (QED) is 0.182. The molecule has 0 atom stereocenters. The molecule has 3 aromatic heterocycles. The molecule has 39 heavy (non-hydrogen) atoms. The van der Waals surface area contributed by atoms with E-state index in [0.717, 1.165) is 33.1 Å². The highest BCUT2D eigenvalue weighted by molar-refractivity contribution is 6.10. The van der Waals surface area contributed by atoms with Crippen LogP contribution in [0, 0.1) is 0 Å². The van der Waals surface area contributed by atoms with Gasteiger partial charge in [0.15, 0.2) is 0 Å². The molecule has 0 fully saturated rings. The number of hydrogen-bond acceptors (Lipinski definition) is 6. The zero-order valence-corrected chi connectivity index (χ0v) is 21.3. The summed E-state index contributed by atoms with van der Waals surface area (Å²) in [4.78, 5) is 45.7. The van der Waals surface area contributed by atoms with Crippen molar-refractivity contribution in [3.63, 3.8) is 0 Å². The van der Waals surface area contributed by atoms with Crippen LogP contribution in [0.2, 0.25) is 0 Å². The summed E-state index contributed by atoms with van der Waals surface area (Å²) in [6, 6.07) is 14.7. The van der Waals surface area contributed by atoms with E-state index in [2.05, 4.69) is 15.0 Å². The predicted octanol–water partition coefficient (Wildman–Crippen LogP) is 6.24. The Balaban J connectivity index is 1.68. The van der Waals surface area contributed by atoms with Crippen LogP contribution in [0.5, 0.6) is 17.2 Å². The molecule has 0 amide bonds. The molecule has 6 aromatic rings. The van der Waals surface area contributed by atoms with Gasteiger partial charge in [0.05, 0.1) is 11.0 Å². The lowest BCUT2D eigenvalue weighted by Crippen LogP contribution is -2.06. The predicted molar refractivity (Wildman–Crippen MR) is 147 cm³/mol. The zero-order chi connectivity index (χ0) is 27.3.